The fourth-order valence-electron chi connectivity index (χ4n) is 8.71. The number of carbonyl (C=O) groups excluding carboxylic acids is 3. The van der Waals surface area contributed by atoms with E-state index in [2.05, 4.69) is 106 Å². The number of ether oxygens (including phenoxy) is 3. The van der Waals surface area contributed by atoms with Gasteiger partial charge in [0.2, 0.25) is 0 Å². The molecule has 73 heavy (non-hydrogen) atoms. The number of esters is 3. The molecule has 0 aliphatic heterocycles. The number of hydrogen-bond donors (Lipinski definition) is 0. The van der Waals surface area contributed by atoms with Crippen LogP contribution < -0.4 is 0 Å². The molecule has 6 nitrogen and oxygen atoms in total. The largest absolute Gasteiger partial charge is 0.462 e. The van der Waals surface area contributed by atoms with Crippen LogP contribution in [0.4, 0.5) is 0 Å². The molecule has 1 atom stereocenters. The van der Waals surface area contributed by atoms with Crippen LogP contribution in [-0.4, -0.2) is 37.2 Å². The summed E-state index contributed by atoms with van der Waals surface area (Å²) in [5.41, 5.74) is 0. The van der Waals surface area contributed by atoms with Crippen molar-refractivity contribution in [1.82, 2.24) is 0 Å². The zero-order chi connectivity index (χ0) is 52.9. The first-order chi connectivity index (χ1) is 36.0. The van der Waals surface area contributed by atoms with Crippen molar-refractivity contribution >= 4 is 17.9 Å². The maximum atomic E-state index is 12.9. The van der Waals surface area contributed by atoms with Gasteiger partial charge in [0.25, 0.3) is 0 Å². The van der Waals surface area contributed by atoms with Gasteiger partial charge in [-0.25, -0.2) is 0 Å². The first-order valence-corrected chi connectivity index (χ1v) is 31.1. The monoisotopic (exact) mass is 1020 g/mol. The van der Waals surface area contributed by atoms with Crippen LogP contribution in [0.1, 0.15) is 303 Å². The van der Waals surface area contributed by atoms with Gasteiger partial charge in [0, 0.05) is 19.3 Å². The summed E-state index contributed by atoms with van der Waals surface area (Å²) in [4.78, 5) is 38.3. The minimum absolute atomic E-state index is 0.0913. The highest BCUT2D eigenvalue weighted by Crippen LogP contribution is 2.15. The second kappa shape index (κ2) is 61.1. The van der Waals surface area contributed by atoms with Gasteiger partial charge in [0.1, 0.15) is 13.2 Å². The maximum Gasteiger partial charge on any atom is 0.306 e. The number of carbonyl (C=O) groups is 3. The summed E-state index contributed by atoms with van der Waals surface area (Å²) in [6.45, 7) is 6.52. The van der Waals surface area contributed by atoms with E-state index in [1.165, 1.54) is 141 Å². The van der Waals surface area contributed by atoms with E-state index in [9.17, 15) is 14.4 Å². The standard InChI is InChI=1S/C67H116O6/c1-4-7-10-13-16-19-22-25-28-31-34-37-39-42-45-48-51-54-57-60-66(69)72-63-64(73-67(70)61-58-55-52-49-46-43-40-36-33-30-27-24-21-18-15-12-9-6-3)62-71-65(68)59-56-53-50-47-44-41-38-35-32-29-26-23-20-17-14-11-8-5-2/h7,10,16,19,25,28,30,33-38,40,64H,4-6,8-9,11-15,17-18,20-24,26-27,29,31-32,39,41-63H2,1-3H3/b10-7-,19-16-,28-25-,33-30-,37-34-,38-35-,40-36-. The molecule has 0 heterocycles. The minimum atomic E-state index is -0.796. The normalized spacial score (nSPS) is 12.6. The smallest absolute Gasteiger partial charge is 0.306 e. The van der Waals surface area contributed by atoms with Crippen LogP contribution in [0, 0.1) is 0 Å². The summed E-state index contributed by atoms with van der Waals surface area (Å²) in [6, 6.07) is 0. The van der Waals surface area contributed by atoms with E-state index in [4.69, 9.17) is 14.2 Å². The van der Waals surface area contributed by atoms with E-state index in [0.717, 1.165) is 122 Å². The molecule has 0 saturated heterocycles. The number of hydrogen-bond acceptors (Lipinski definition) is 6. The lowest BCUT2D eigenvalue weighted by atomic mass is 10.1. The first kappa shape index (κ1) is 69.6. The van der Waals surface area contributed by atoms with Crippen LogP contribution in [0.25, 0.3) is 0 Å². The van der Waals surface area contributed by atoms with E-state index in [1.807, 2.05) is 0 Å². The van der Waals surface area contributed by atoms with Crippen molar-refractivity contribution in [2.75, 3.05) is 13.2 Å². The van der Waals surface area contributed by atoms with E-state index >= 15 is 0 Å². The first-order valence-electron chi connectivity index (χ1n) is 31.1. The van der Waals surface area contributed by atoms with Crippen molar-refractivity contribution in [3.63, 3.8) is 0 Å². The van der Waals surface area contributed by atoms with E-state index in [-0.39, 0.29) is 31.1 Å². The van der Waals surface area contributed by atoms with E-state index < -0.39 is 6.10 Å². The van der Waals surface area contributed by atoms with Crippen LogP contribution in [0.5, 0.6) is 0 Å². The van der Waals surface area contributed by atoms with Gasteiger partial charge in [-0.15, -0.1) is 0 Å². The lowest BCUT2D eigenvalue weighted by molar-refractivity contribution is -0.167. The molecule has 0 aromatic heterocycles. The Morgan fingerprint density at radius 2 is 0.575 bits per heavy atom. The van der Waals surface area contributed by atoms with Gasteiger partial charge in [0.15, 0.2) is 6.10 Å². The molecule has 0 aromatic rings. The molecule has 0 fully saturated rings. The highest BCUT2D eigenvalue weighted by molar-refractivity contribution is 5.71. The topological polar surface area (TPSA) is 78.9 Å². The van der Waals surface area contributed by atoms with E-state index in [1.54, 1.807) is 0 Å². The summed E-state index contributed by atoms with van der Waals surface area (Å²) < 4.78 is 16.9. The molecule has 0 spiro atoms. The van der Waals surface area contributed by atoms with Gasteiger partial charge < -0.3 is 14.2 Å². The molecular formula is C67H116O6. The third-order valence-corrected chi connectivity index (χ3v) is 13.4. The second-order valence-corrected chi connectivity index (χ2v) is 20.6. The van der Waals surface area contributed by atoms with Gasteiger partial charge in [0.05, 0.1) is 0 Å². The van der Waals surface area contributed by atoms with Gasteiger partial charge in [-0.3, -0.25) is 14.4 Å². The Bertz CT molecular complexity index is 1400. The molecule has 6 heteroatoms. The average Bonchev–Trinajstić information content (AvgIpc) is 3.39. The zero-order valence-corrected chi connectivity index (χ0v) is 48.1. The van der Waals surface area contributed by atoms with E-state index in [0.29, 0.717) is 19.3 Å². The van der Waals surface area contributed by atoms with Gasteiger partial charge in [-0.05, 0) is 109 Å². The molecular weight excluding hydrogens is 901 g/mol. The lowest BCUT2D eigenvalue weighted by Gasteiger charge is -2.18. The van der Waals surface area contributed by atoms with Gasteiger partial charge >= 0.3 is 17.9 Å². The molecule has 0 aliphatic carbocycles. The molecule has 0 N–H and O–H groups in total. The lowest BCUT2D eigenvalue weighted by Crippen LogP contribution is -2.30. The molecule has 420 valence electrons. The minimum Gasteiger partial charge on any atom is -0.462 e. The summed E-state index contributed by atoms with van der Waals surface area (Å²) in [6.07, 6.45) is 80.0. The second-order valence-electron chi connectivity index (χ2n) is 20.6. The van der Waals surface area contributed by atoms with Gasteiger partial charge in [-0.2, -0.15) is 0 Å². The maximum absolute atomic E-state index is 12.9. The number of unbranched alkanes of at least 4 members (excludes halogenated alkanes) is 32. The SMILES string of the molecule is CC/C=C\C/C=C\C/C=C\C/C=C\CCCCCCCCC(=O)OCC(COC(=O)CCCCCCC/C=C\CCCCCCCCCCC)OC(=O)CCCCCCC/C=C\C=C/CCCCCCCCC. The Hall–Kier alpha value is -3.41. The average molecular weight is 1020 g/mol. The molecule has 0 radical (unpaired) electrons. The molecule has 0 aromatic carbocycles. The zero-order valence-electron chi connectivity index (χ0n) is 48.1. The highest BCUT2D eigenvalue weighted by atomic mass is 16.6. The third-order valence-electron chi connectivity index (χ3n) is 13.4. The Labute approximate surface area is 452 Å². The Morgan fingerprint density at radius 3 is 0.932 bits per heavy atom. The summed E-state index contributed by atoms with van der Waals surface area (Å²) >= 11 is 0. The molecule has 0 rings (SSSR count). The van der Waals surface area contributed by atoms with Crippen LogP contribution in [0.15, 0.2) is 85.1 Å². The number of rotatable bonds is 56. The van der Waals surface area contributed by atoms with Crippen LogP contribution in [0.2, 0.25) is 0 Å². The van der Waals surface area contributed by atoms with Crippen molar-refractivity contribution in [2.24, 2.45) is 0 Å². The molecule has 0 aliphatic rings. The fourth-order valence-corrected chi connectivity index (χ4v) is 8.71. The van der Waals surface area contributed by atoms with Crippen molar-refractivity contribution in [1.29, 1.82) is 0 Å². The summed E-state index contributed by atoms with van der Waals surface area (Å²) in [5, 5.41) is 0. The molecule has 1 unspecified atom stereocenters. The molecule has 0 bridgehead atoms. The molecule has 0 amide bonds. The van der Waals surface area contributed by atoms with Crippen molar-refractivity contribution in [3.05, 3.63) is 85.1 Å². The number of allylic oxidation sites excluding steroid dienone is 14. The van der Waals surface area contributed by atoms with Crippen LogP contribution in [-0.2, 0) is 28.6 Å². The predicted molar refractivity (Wildman–Crippen MR) is 316 cm³/mol. The Kier molecular flexibility index (Phi) is 58.3. The highest BCUT2D eigenvalue weighted by Gasteiger charge is 2.19. The van der Waals surface area contributed by atoms with Crippen LogP contribution in [0.3, 0.4) is 0 Å². The Morgan fingerprint density at radius 1 is 0.301 bits per heavy atom. The molecule has 0 saturated carbocycles. The summed E-state index contributed by atoms with van der Waals surface area (Å²) in [5.74, 6) is -0.918. The quantitative estimate of drug-likeness (QED) is 0.0199. The fraction of sp³-hybridized carbons (Fsp3) is 0.746. The van der Waals surface area contributed by atoms with Crippen molar-refractivity contribution in [2.45, 2.75) is 309 Å². The van der Waals surface area contributed by atoms with Gasteiger partial charge in [-0.1, -0.05) is 260 Å². The van der Waals surface area contributed by atoms with Crippen molar-refractivity contribution < 1.29 is 28.6 Å². The predicted octanol–water partition coefficient (Wildman–Crippen LogP) is 21.1. The third kappa shape index (κ3) is 59.3. The summed E-state index contributed by atoms with van der Waals surface area (Å²) in [7, 11) is 0. The Balaban J connectivity index is 4.44. The van der Waals surface area contributed by atoms with Crippen molar-refractivity contribution in [3.8, 4) is 0 Å². The van der Waals surface area contributed by atoms with Crippen LogP contribution >= 0.6 is 0 Å².